The predicted octanol–water partition coefficient (Wildman–Crippen LogP) is 2.75. The molecular weight excluding hydrogens is 270 g/mol. The molecule has 3 heterocycles. The Morgan fingerprint density at radius 1 is 1.50 bits per heavy atom. The van der Waals surface area contributed by atoms with Gasteiger partial charge in [-0.15, -0.1) is 11.3 Å². The van der Waals surface area contributed by atoms with Crippen molar-refractivity contribution in [3.63, 3.8) is 0 Å². The van der Waals surface area contributed by atoms with E-state index in [0.29, 0.717) is 6.42 Å². The highest BCUT2D eigenvalue weighted by Gasteiger charge is 2.31. The zero-order valence-electron chi connectivity index (χ0n) is 11.5. The van der Waals surface area contributed by atoms with Crippen LogP contribution < -0.4 is 0 Å². The second kappa shape index (κ2) is 5.71. The summed E-state index contributed by atoms with van der Waals surface area (Å²) in [6.45, 7) is 2.76. The Hall–Kier alpha value is -1.75. The van der Waals surface area contributed by atoms with Gasteiger partial charge in [0, 0.05) is 17.6 Å². The molecule has 2 aromatic heterocycles. The number of thiophene rings is 1. The van der Waals surface area contributed by atoms with Crippen molar-refractivity contribution < 1.29 is 4.79 Å². The van der Waals surface area contributed by atoms with E-state index < -0.39 is 0 Å². The molecule has 1 fully saturated rings. The Kier molecular flexibility index (Phi) is 3.78. The Labute approximate surface area is 122 Å². The van der Waals surface area contributed by atoms with Gasteiger partial charge in [0.1, 0.15) is 0 Å². The van der Waals surface area contributed by atoms with Gasteiger partial charge in [-0.25, -0.2) is 0 Å². The summed E-state index contributed by atoms with van der Waals surface area (Å²) < 4.78 is 0. The van der Waals surface area contributed by atoms with E-state index in [1.54, 1.807) is 23.7 Å². The van der Waals surface area contributed by atoms with E-state index >= 15 is 0 Å². The third-order valence-corrected chi connectivity index (χ3v) is 4.47. The van der Waals surface area contributed by atoms with Crippen molar-refractivity contribution in [3.8, 4) is 0 Å². The van der Waals surface area contributed by atoms with Crippen LogP contribution in [0.4, 0.5) is 0 Å². The van der Waals surface area contributed by atoms with Crippen molar-refractivity contribution in [1.29, 1.82) is 0 Å². The first kappa shape index (κ1) is 13.2. The van der Waals surface area contributed by atoms with E-state index in [9.17, 15) is 4.79 Å². The number of carbonyl (C=O) groups excluding carboxylic acids is 1. The number of nitrogens with zero attached hydrogens (tertiary/aromatic N) is 3. The van der Waals surface area contributed by atoms with Crippen LogP contribution in [-0.2, 0) is 11.2 Å². The van der Waals surface area contributed by atoms with Gasteiger partial charge < -0.3 is 4.90 Å². The maximum Gasteiger partial charge on any atom is 0.228 e. The third-order valence-electron chi connectivity index (χ3n) is 3.59. The monoisotopic (exact) mass is 287 g/mol. The largest absolute Gasteiger partial charge is 0.334 e. The van der Waals surface area contributed by atoms with Crippen LogP contribution in [0, 0.1) is 6.92 Å². The first-order valence-electron chi connectivity index (χ1n) is 6.84. The lowest BCUT2D eigenvalue weighted by atomic mass is 10.1. The van der Waals surface area contributed by atoms with Crippen molar-refractivity contribution in [2.24, 2.45) is 0 Å². The molecule has 0 unspecified atom stereocenters. The zero-order chi connectivity index (χ0) is 13.9. The summed E-state index contributed by atoms with van der Waals surface area (Å²) in [6, 6.07) is 4.09. The fraction of sp³-hybridized carbons (Fsp3) is 0.400. The molecule has 0 aromatic carbocycles. The van der Waals surface area contributed by atoms with Gasteiger partial charge in [-0.3, -0.25) is 14.8 Å². The Morgan fingerprint density at radius 2 is 2.40 bits per heavy atom. The van der Waals surface area contributed by atoms with E-state index in [-0.39, 0.29) is 11.9 Å². The standard InChI is InChI=1S/C15H17N3OS/c1-11-9-16-10-13(17-11)14-5-2-6-18(14)15(19)8-12-4-3-7-20-12/h3-4,7,9-10,14H,2,5-6,8H2,1H3/t14-/m1/s1. The molecule has 2 aromatic rings. The molecular formula is C15H17N3OS. The van der Waals surface area contributed by atoms with Crippen molar-refractivity contribution in [2.75, 3.05) is 6.54 Å². The molecule has 20 heavy (non-hydrogen) atoms. The summed E-state index contributed by atoms with van der Waals surface area (Å²) in [4.78, 5) is 24.3. The molecule has 0 bridgehead atoms. The molecule has 0 spiro atoms. The van der Waals surface area contributed by atoms with E-state index in [0.717, 1.165) is 35.7 Å². The predicted molar refractivity (Wildman–Crippen MR) is 78.5 cm³/mol. The second-order valence-corrected chi connectivity index (χ2v) is 6.12. The van der Waals surface area contributed by atoms with Gasteiger partial charge in [-0.2, -0.15) is 0 Å². The van der Waals surface area contributed by atoms with E-state index in [4.69, 9.17) is 0 Å². The number of rotatable bonds is 3. The number of carbonyl (C=O) groups is 1. The summed E-state index contributed by atoms with van der Waals surface area (Å²) in [6.07, 6.45) is 6.04. The highest BCUT2D eigenvalue weighted by molar-refractivity contribution is 7.10. The van der Waals surface area contributed by atoms with Crippen LogP contribution >= 0.6 is 11.3 Å². The summed E-state index contributed by atoms with van der Waals surface area (Å²) >= 11 is 1.63. The normalized spacial score (nSPS) is 18.4. The molecule has 5 heteroatoms. The Balaban J connectivity index is 1.77. The minimum Gasteiger partial charge on any atom is -0.334 e. The zero-order valence-corrected chi connectivity index (χ0v) is 12.3. The van der Waals surface area contributed by atoms with Crippen LogP contribution in [-0.4, -0.2) is 27.3 Å². The number of likely N-dealkylation sites (tertiary alicyclic amines) is 1. The van der Waals surface area contributed by atoms with Gasteiger partial charge in [0.2, 0.25) is 5.91 Å². The van der Waals surface area contributed by atoms with Gasteiger partial charge in [0.05, 0.1) is 30.0 Å². The average Bonchev–Trinajstić information content (AvgIpc) is 3.09. The van der Waals surface area contributed by atoms with Gasteiger partial charge in [0.25, 0.3) is 0 Å². The first-order chi connectivity index (χ1) is 9.74. The fourth-order valence-electron chi connectivity index (χ4n) is 2.68. The lowest BCUT2D eigenvalue weighted by Crippen LogP contribution is -2.32. The van der Waals surface area contributed by atoms with E-state index in [2.05, 4.69) is 9.97 Å². The van der Waals surface area contributed by atoms with Gasteiger partial charge in [-0.1, -0.05) is 6.07 Å². The van der Waals surface area contributed by atoms with E-state index in [1.165, 1.54) is 0 Å². The molecule has 0 radical (unpaired) electrons. The van der Waals surface area contributed by atoms with Crippen molar-refractivity contribution in [2.45, 2.75) is 32.2 Å². The molecule has 1 saturated heterocycles. The van der Waals surface area contributed by atoms with Crippen LogP contribution in [0.5, 0.6) is 0 Å². The topological polar surface area (TPSA) is 46.1 Å². The highest BCUT2D eigenvalue weighted by Crippen LogP contribution is 2.31. The van der Waals surface area contributed by atoms with Crippen LogP contribution in [0.2, 0.25) is 0 Å². The number of aryl methyl sites for hydroxylation is 1. The molecule has 1 amide bonds. The summed E-state index contributed by atoms with van der Waals surface area (Å²) in [7, 11) is 0. The van der Waals surface area contributed by atoms with Gasteiger partial charge in [-0.05, 0) is 31.2 Å². The Bertz CT molecular complexity index is 597. The highest BCUT2D eigenvalue weighted by atomic mass is 32.1. The number of hydrogen-bond donors (Lipinski definition) is 0. The summed E-state index contributed by atoms with van der Waals surface area (Å²) in [5.41, 5.74) is 1.82. The molecule has 3 rings (SSSR count). The molecule has 104 valence electrons. The fourth-order valence-corrected chi connectivity index (χ4v) is 3.38. The van der Waals surface area contributed by atoms with Crippen molar-refractivity contribution >= 4 is 17.2 Å². The number of aromatic nitrogens is 2. The average molecular weight is 287 g/mol. The van der Waals surface area contributed by atoms with Crippen LogP contribution in [0.1, 0.15) is 35.1 Å². The number of amides is 1. The van der Waals surface area contributed by atoms with Gasteiger partial charge >= 0.3 is 0 Å². The molecule has 1 aliphatic heterocycles. The molecule has 1 atom stereocenters. The molecule has 4 nitrogen and oxygen atoms in total. The van der Waals surface area contributed by atoms with Crippen LogP contribution in [0.3, 0.4) is 0 Å². The lowest BCUT2D eigenvalue weighted by molar-refractivity contribution is -0.131. The minimum atomic E-state index is 0.0925. The minimum absolute atomic E-state index is 0.0925. The summed E-state index contributed by atoms with van der Waals surface area (Å²) in [5, 5.41) is 2.01. The smallest absolute Gasteiger partial charge is 0.228 e. The molecule has 0 aliphatic carbocycles. The maximum atomic E-state index is 12.5. The molecule has 1 aliphatic rings. The number of hydrogen-bond acceptors (Lipinski definition) is 4. The summed E-state index contributed by atoms with van der Waals surface area (Å²) in [5.74, 6) is 0.193. The van der Waals surface area contributed by atoms with Crippen molar-refractivity contribution in [3.05, 3.63) is 46.2 Å². The SMILES string of the molecule is Cc1cncc([C@H]2CCCN2C(=O)Cc2cccs2)n1. The van der Waals surface area contributed by atoms with E-state index in [1.807, 2.05) is 29.3 Å². The molecule has 0 N–H and O–H groups in total. The van der Waals surface area contributed by atoms with Crippen LogP contribution in [0.15, 0.2) is 29.9 Å². The third kappa shape index (κ3) is 2.72. The quantitative estimate of drug-likeness (QED) is 0.872. The van der Waals surface area contributed by atoms with Crippen molar-refractivity contribution in [1.82, 2.24) is 14.9 Å². The lowest BCUT2D eigenvalue weighted by Gasteiger charge is -2.24. The Morgan fingerprint density at radius 3 is 3.15 bits per heavy atom. The maximum absolute atomic E-state index is 12.5. The first-order valence-corrected chi connectivity index (χ1v) is 7.72. The second-order valence-electron chi connectivity index (χ2n) is 5.09. The molecule has 0 saturated carbocycles. The van der Waals surface area contributed by atoms with Gasteiger partial charge in [0.15, 0.2) is 0 Å². The van der Waals surface area contributed by atoms with Crippen LogP contribution in [0.25, 0.3) is 0 Å².